The van der Waals surface area contributed by atoms with Gasteiger partial charge in [-0.25, -0.2) is 9.37 Å². The van der Waals surface area contributed by atoms with Gasteiger partial charge in [0.2, 0.25) is 0 Å². The highest BCUT2D eigenvalue weighted by Crippen LogP contribution is 2.27. The van der Waals surface area contributed by atoms with Crippen LogP contribution in [0.3, 0.4) is 0 Å². The average molecular weight is 546 g/mol. The first-order valence-corrected chi connectivity index (χ1v) is 13.0. The van der Waals surface area contributed by atoms with Crippen molar-refractivity contribution < 1.29 is 26.3 Å². The van der Waals surface area contributed by atoms with E-state index >= 15 is 0 Å². The lowest BCUT2D eigenvalue weighted by molar-refractivity contribution is 0.0997. The van der Waals surface area contributed by atoms with Gasteiger partial charge in [-0.15, -0.1) is 3.89 Å². The maximum absolute atomic E-state index is 14.8. The third-order valence-electron chi connectivity index (χ3n) is 6.04. The van der Waals surface area contributed by atoms with Crippen molar-refractivity contribution in [3.63, 3.8) is 0 Å². The largest absolute Gasteiger partial charge is 0.365 e. The Morgan fingerprint density at radius 2 is 1.68 bits per heavy atom. The monoisotopic (exact) mass is 545 g/mol. The molecule has 2 unspecified atom stereocenters. The number of pyridine rings is 2. The molecule has 14 heteroatoms. The van der Waals surface area contributed by atoms with E-state index in [2.05, 4.69) is 25.9 Å². The van der Waals surface area contributed by atoms with Crippen LogP contribution in [-0.2, 0) is 10.2 Å². The van der Waals surface area contributed by atoms with Crippen molar-refractivity contribution >= 4 is 45.0 Å². The Morgan fingerprint density at radius 3 is 2.34 bits per heavy atom. The van der Waals surface area contributed by atoms with Crippen molar-refractivity contribution in [3.8, 4) is 0 Å². The van der Waals surface area contributed by atoms with Gasteiger partial charge in [-0.05, 0) is 49.2 Å². The van der Waals surface area contributed by atoms with Crippen LogP contribution < -0.4 is 27.4 Å². The number of amides is 2. The molecule has 0 aliphatic heterocycles. The van der Waals surface area contributed by atoms with Crippen LogP contribution >= 0.6 is 0 Å². The zero-order valence-corrected chi connectivity index (χ0v) is 20.8. The van der Waals surface area contributed by atoms with E-state index in [1.54, 1.807) is 0 Å². The van der Waals surface area contributed by atoms with Gasteiger partial charge in [0.25, 0.3) is 11.8 Å². The quantitative estimate of drug-likeness (QED) is 0.266. The van der Waals surface area contributed by atoms with E-state index in [1.807, 2.05) is 0 Å². The number of halogens is 2. The minimum absolute atomic E-state index is 0.0286. The second kappa shape index (κ2) is 11.1. The molecule has 11 nitrogen and oxygen atoms in total. The number of anilines is 4. The summed E-state index contributed by atoms with van der Waals surface area (Å²) in [7, 11) is -4.89. The Kier molecular flexibility index (Phi) is 7.83. The molecule has 2 aromatic heterocycles. The molecule has 1 fully saturated rings. The first-order chi connectivity index (χ1) is 18.0. The van der Waals surface area contributed by atoms with Crippen LogP contribution in [-0.4, -0.2) is 42.3 Å². The van der Waals surface area contributed by atoms with E-state index in [4.69, 9.17) is 11.5 Å². The molecule has 0 spiro atoms. The summed E-state index contributed by atoms with van der Waals surface area (Å²) in [5.74, 6) is -2.39. The molecule has 2 amide bonds. The fourth-order valence-corrected chi connectivity index (χ4v) is 4.53. The van der Waals surface area contributed by atoms with E-state index in [9.17, 15) is 26.3 Å². The topological polar surface area (TPSA) is 182 Å². The molecular formula is C24H25F2N7O4S. The number of carbonyl (C=O) groups excluding carboxylic acids is 2. The fraction of sp³-hybridized carbons (Fsp3) is 0.250. The predicted molar refractivity (Wildman–Crippen MR) is 137 cm³/mol. The number of nitrogens with two attached hydrogens (primary N) is 2. The number of aromatic nitrogens is 2. The molecule has 0 bridgehead atoms. The van der Waals surface area contributed by atoms with Gasteiger partial charge in [0.15, 0.2) is 11.6 Å². The third kappa shape index (κ3) is 6.39. The van der Waals surface area contributed by atoms with E-state index in [0.717, 1.165) is 56.0 Å². The summed E-state index contributed by atoms with van der Waals surface area (Å²) < 4.78 is 49.8. The number of benzene rings is 1. The second-order valence-electron chi connectivity index (χ2n) is 8.78. The minimum atomic E-state index is -4.89. The van der Waals surface area contributed by atoms with Crippen LogP contribution in [0, 0.1) is 5.82 Å². The predicted octanol–water partition coefficient (Wildman–Crippen LogP) is 3.05. The highest BCUT2D eigenvalue weighted by molar-refractivity contribution is 7.86. The number of carbonyl (C=O) groups is 2. The molecule has 2 atom stereocenters. The summed E-state index contributed by atoms with van der Waals surface area (Å²) in [6.07, 6.45) is 6.21. The van der Waals surface area contributed by atoms with Gasteiger partial charge < -0.3 is 27.4 Å². The molecule has 0 saturated heterocycles. The van der Waals surface area contributed by atoms with Crippen molar-refractivity contribution in [2.75, 3.05) is 16.0 Å². The first-order valence-electron chi connectivity index (χ1n) is 11.6. The number of primary amides is 1. The van der Waals surface area contributed by atoms with Crippen LogP contribution in [0.4, 0.5) is 31.3 Å². The first kappa shape index (κ1) is 26.9. The lowest BCUT2D eigenvalue weighted by atomic mass is 9.91. The summed E-state index contributed by atoms with van der Waals surface area (Å²) in [6.45, 7) is 0. The Hall–Kier alpha value is -4.17. The van der Waals surface area contributed by atoms with Crippen molar-refractivity contribution in [2.24, 2.45) is 11.5 Å². The summed E-state index contributed by atoms with van der Waals surface area (Å²) in [4.78, 5) is 32.2. The number of hydrogen-bond donors (Lipinski definition) is 5. The van der Waals surface area contributed by atoms with Gasteiger partial charge in [-0.3, -0.25) is 14.6 Å². The Labute approximate surface area is 217 Å². The van der Waals surface area contributed by atoms with E-state index in [1.165, 1.54) is 18.5 Å². The van der Waals surface area contributed by atoms with Gasteiger partial charge in [0.1, 0.15) is 5.82 Å². The zero-order chi connectivity index (χ0) is 27.4. The maximum Gasteiger partial charge on any atom is 0.332 e. The van der Waals surface area contributed by atoms with Crippen LogP contribution in [0.2, 0.25) is 0 Å². The number of hydrogen-bond acceptors (Lipinski definition) is 9. The molecule has 200 valence electrons. The highest BCUT2D eigenvalue weighted by atomic mass is 32.3. The molecule has 38 heavy (non-hydrogen) atoms. The standard InChI is InChI=1S/C24H25F2N7O4S/c25-18-10-17(21(28)34)22(33-23(18)32-20-4-2-1-3-19(20)27)30-14-9-15(12-29-11-14)31-24(35)13-5-7-16(8-6-13)38(26,36)37/h5-12,19-20H,1-4,27H2,(H2,28,34)(H,31,35)(H2,30,32,33). The van der Waals surface area contributed by atoms with Gasteiger partial charge in [-0.1, -0.05) is 12.8 Å². The Balaban J connectivity index is 1.54. The molecule has 1 aliphatic rings. The third-order valence-corrected chi connectivity index (χ3v) is 6.88. The van der Waals surface area contributed by atoms with Crippen molar-refractivity contribution in [2.45, 2.75) is 42.7 Å². The molecule has 0 radical (unpaired) electrons. The highest BCUT2D eigenvalue weighted by Gasteiger charge is 2.24. The summed E-state index contributed by atoms with van der Waals surface area (Å²) in [6, 6.07) is 6.36. The molecule has 4 rings (SSSR count). The number of nitrogens with one attached hydrogen (secondary N) is 3. The summed E-state index contributed by atoms with van der Waals surface area (Å²) >= 11 is 0. The average Bonchev–Trinajstić information content (AvgIpc) is 2.86. The van der Waals surface area contributed by atoms with Crippen molar-refractivity contribution in [1.82, 2.24) is 9.97 Å². The van der Waals surface area contributed by atoms with E-state index < -0.39 is 32.8 Å². The van der Waals surface area contributed by atoms with Gasteiger partial charge in [0.05, 0.1) is 34.2 Å². The number of nitrogens with zero attached hydrogens (tertiary/aromatic N) is 2. The fourth-order valence-electron chi connectivity index (χ4n) is 4.07. The molecule has 1 saturated carbocycles. The minimum Gasteiger partial charge on any atom is -0.365 e. The Bertz CT molecular complexity index is 1470. The van der Waals surface area contributed by atoms with Crippen LogP contribution in [0.1, 0.15) is 46.4 Å². The smallest absolute Gasteiger partial charge is 0.332 e. The van der Waals surface area contributed by atoms with Crippen LogP contribution in [0.5, 0.6) is 0 Å². The SMILES string of the molecule is NC(=O)c1cc(F)c(NC2CCCCC2N)nc1Nc1cncc(NC(=O)c2ccc(S(=O)(=O)F)cc2)c1. The summed E-state index contributed by atoms with van der Waals surface area (Å²) in [5, 5.41) is 8.48. The van der Waals surface area contributed by atoms with Gasteiger partial charge >= 0.3 is 10.2 Å². The molecule has 7 N–H and O–H groups in total. The molecule has 1 aromatic carbocycles. The second-order valence-corrected chi connectivity index (χ2v) is 10.1. The van der Waals surface area contributed by atoms with Crippen LogP contribution in [0.15, 0.2) is 53.7 Å². The van der Waals surface area contributed by atoms with E-state index in [-0.39, 0.29) is 40.5 Å². The maximum atomic E-state index is 14.8. The van der Waals surface area contributed by atoms with Crippen LogP contribution in [0.25, 0.3) is 0 Å². The normalized spacial score (nSPS) is 17.4. The zero-order valence-electron chi connectivity index (χ0n) is 19.9. The lowest BCUT2D eigenvalue weighted by Gasteiger charge is -2.30. The molecule has 1 aliphatic carbocycles. The summed E-state index contributed by atoms with van der Waals surface area (Å²) in [5.41, 5.74) is 12.0. The lowest BCUT2D eigenvalue weighted by Crippen LogP contribution is -2.43. The molecular weight excluding hydrogens is 520 g/mol. The Morgan fingerprint density at radius 1 is 1.00 bits per heavy atom. The molecule has 2 heterocycles. The van der Waals surface area contributed by atoms with Crippen molar-refractivity contribution in [1.29, 1.82) is 0 Å². The van der Waals surface area contributed by atoms with E-state index in [0.29, 0.717) is 5.69 Å². The van der Waals surface area contributed by atoms with Crippen molar-refractivity contribution in [3.05, 3.63) is 65.7 Å². The molecule has 3 aromatic rings. The number of rotatable bonds is 8. The van der Waals surface area contributed by atoms with Gasteiger partial charge in [-0.2, -0.15) is 8.42 Å². The van der Waals surface area contributed by atoms with Gasteiger partial charge in [0, 0.05) is 17.6 Å².